The smallest absolute Gasteiger partial charge is 0.307 e. The van der Waals surface area contributed by atoms with Crippen molar-refractivity contribution in [2.45, 2.75) is 32.9 Å². The third-order valence-corrected chi connectivity index (χ3v) is 3.49. The summed E-state index contributed by atoms with van der Waals surface area (Å²) in [7, 11) is 0. The van der Waals surface area contributed by atoms with E-state index in [9.17, 15) is 4.79 Å². The average Bonchev–Trinajstić information content (AvgIpc) is 2.54. The number of esters is 1. The van der Waals surface area contributed by atoms with Crippen molar-refractivity contribution in [2.24, 2.45) is 0 Å². The molecule has 0 heterocycles. The zero-order valence-corrected chi connectivity index (χ0v) is 13.2. The van der Waals surface area contributed by atoms with Crippen molar-refractivity contribution in [3.8, 4) is 11.1 Å². The van der Waals surface area contributed by atoms with E-state index in [0.717, 1.165) is 6.54 Å². The second kappa shape index (κ2) is 8.35. The van der Waals surface area contributed by atoms with E-state index in [-0.39, 0.29) is 12.0 Å². The first kappa shape index (κ1) is 16.2. The van der Waals surface area contributed by atoms with Gasteiger partial charge < -0.3 is 10.1 Å². The maximum atomic E-state index is 11.4. The summed E-state index contributed by atoms with van der Waals surface area (Å²) in [6, 6.07) is 18.9. The van der Waals surface area contributed by atoms with Gasteiger partial charge in [0.25, 0.3) is 0 Å². The zero-order valence-electron chi connectivity index (χ0n) is 13.2. The first-order valence-corrected chi connectivity index (χ1v) is 7.72. The molecule has 2 aromatic carbocycles. The summed E-state index contributed by atoms with van der Waals surface area (Å²) < 4.78 is 4.95. The van der Waals surface area contributed by atoms with Gasteiger partial charge in [-0.1, -0.05) is 54.6 Å². The molecule has 0 saturated carbocycles. The molecule has 0 spiro atoms. The van der Waals surface area contributed by atoms with Crippen LogP contribution in [0.4, 0.5) is 0 Å². The van der Waals surface area contributed by atoms with Crippen LogP contribution in [0.1, 0.15) is 25.8 Å². The first-order chi connectivity index (χ1) is 10.7. The molecule has 1 unspecified atom stereocenters. The van der Waals surface area contributed by atoms with E-state index in [1.165, 1.54) is 16.7 Å². The fraction of sp³-hybridized carbons (Fsp3) is 0.316. The van der Waals surface area contributed by atoms with Crippen LogP contribution >= 0.6 is 0 Å². The number of carbonyl (C=O) groups is 1. The summed E-state index contributed by atoms with van der Waals surface area (Å²) in [6.07, 6.45) is 0.399. The van der Waals surface area contributed by atoms with Crippen LogP contribution in [-0.2, 0) is 16.1 Å². The monoisotopic (exact) mass is 297 g/mol. The van der Waals surface area contributed by atoms with Crippen LogP contribution in [0, 0.1) is 0 Å². The minimum atomic E-state index is -0.151. The maximum Gasteiger partial charge on any atom is 0.307 e. The number of hydrogen-bond donors (Lipinski definition) is 1. The van der Waals surface area contributed by atoms with Crippen molar-refractivity contribution in [3.05, 3.63) is 60.2 Å². The molecular weight excluding hydrogens is 274 g/mol. The molecule has 1 atom stereocenters. The molecule has 0 aromatic heterocycles. The third kappa shape index (κ3) is 5.01. The second-order valence-electron chi connectivity index (χ2n) is 5.35. The Hall–Kier alpha value is -2.13. The molecule has 22 heavy (non-hydrogen) atoms. The van der Waals surface area contributed by atoms with Crippen LogP contribution in [0.5, 0.6) is 0 Å². The van der Waals surface area contributed by atoms with Gasteiger partial charge in [0, 0.05) is 12.6 Å². The topological polar surface area (TPSA) is 38.3 Å². The summed E-state index contributed by atoms with van der Waals surface area (Å²) in [6.45, 7) is 5.00. The Balaban J connectivity index is 1.85. The van der Waals surface area contributed by atoms with Gasteiger partial charge in [-0.3, -0.25) is 4.79 Å². The molecule has 1 N–H and O–H groups in total. The Labute approximate surface area is 132 Å². The molecule has 2 aromatic rings. The van der Waals surface area contributed by atoms with Crippen molar-refractivity contribution in [2.75, 3.05) is 6.61 Å². The lowest BCUT2D eigenvalue weighted by atomic mass is 10.0. The molecule has 0 amide bonds. The van der Waals surface area contributed by atoms with E-state index >= 15 is 0 Å². The number of ether oxygens (including phenoxy) is 1. The van der Waals surface area contributed by atoms with E-state index in [2.05, 4.69) is 41.7 Å². The third-order valence-electron chi connectivity index (χ3n) is 3.49. The van der Waals surface area contributed by atoms with E-state index in [0.29, 0.717) is 13.0 Å². The van der Waals surface area contributed by atoms with Crippen molar-refractivity contribution in [1.29, 1.82) is 0 Å². The quantitative estimate of drug-likeness (QED) is 0.790. The van der Waals surface area contributed by atoms with Crippen molar-refractivity contribution in [3.63, 3.8) is 0 Å². The van der Waals surface area contributed by atoms with Crippen LogP contribution in [-0.4, -0.2) is 18.6 Å². The van der Waals surface area contributed by atoms with Crippen molar-refractivity contribution in [1.82, 2.24) is 5.32 Å². The van der Waals surface area contributed by atoms with Gasteiger partial charge in [-0.25, -0.2) is 0 Å². The number of nitrogens with one attached hydrogen (secondary N) is 1. The van der Waals surface area contributed by atoms with Gasteiger partial charge in [-0.05, 0) is 30.5 Å². The van der Waals surface area contributed by atoms with E-state index in [1.807, 2.05) is 32.0 Å². The van der Waals surface area contributed by atoms with Crippen molar-refractivity contribution < 1.29 is 9.53 Å². The van der Waals surface area contributed by atoms with E-state index < -0.39 is 0 Å². The summed E-state index contributed by atoms with van der Waals surface area (Å²) in [4.78, 5) is 11.4. The summed E-state index contributed by atoms with van der Waals surface area (Å²) in [5, 5.41) is 3.35. The zero-order chi connectivity index (χ0) is 15.8. The molecule has 3 nitrogen and oxygen atoms in total. The van der Waals surface area contributed by atoms with Crippen LogP contribution < -0.4 is 5.32 Å². The van der Waals surface area contributed by atoms with Crippen molar-refractivity contribution >= 4 is 5.97 Å². The van der Waals surface area contributed by atoms with E-state index in [1.54, 1.807) is 0 Å². The van der Waals surface area contributed by atoms with Crippen LogP contribution in [0.3, 0.4) is 0 Å². The Bertz CT molecular complexity index is 578. The molecule has 116 valence electrons. The van der Waals surface area contributed by atoms with Gasteiger partial charge >= 0.3 is 5.97 Å². The molecule has 0 radical (unpaired) electrons. The molecule has 0 saturated heterocycles. The van der Waals surface area contributed by atoms with Gasteiger partial charge in [0.15, 0.2) is 0 Å². The molecule has 2 rings (SSSR count). The standard InChI is InChI=1S/C19H23NO2/c1-3-22-19(21)13-15(2)20-14-16-9-11-18(12-10-16)17-7-5-4-6-8-17/h4-12,15,20H,3,13-14H2,1-2H3. The van der Waals surface area contributed by atoms with Gasteiger partial charge in [-0.2, -0.15) is 0 Å². The molecule has 0 fully saturated rings. The number of benzene rings is 2. The van der Waals surface area contributed by atoms with Crippen LogP contribution in [0.25, 0.3) is 11.1 Å². The highest BCUT2D eigenvalue weighted by atomic mass is 16.5. The van der Waals surface area contributed by atoms with Crippen LogP contribution in [0.15, 0.2) is 54.6 Å². The molecular formula is C19H23NO2. The molecule has 0 aliphatic rings. The predicted octanol–water partition coefficient (Wildman–Crippen LogP) is 3.78. The highest BCUT2D eigenvalue weighted by Gasteiger charge is 2.09. The fourth-order valence-electron chi connectivity index (χ4n) is 2.28. The Morgan fingerprint density at radius 1 is 1.05 bits per heavy atom. The molecule has 0 aliphatic carbocycles. The summed E-state index contributed by atoms with van der Waals surface area (Å²) in [5.41, 5.74) is 3.64. The predicted molar refractivity (Wildman–Crippen MR) is 89.4 cm³/mol. The molecule has 0 aliphatic heterocycles. The highest BCUT2D eigenvalue weighted by molar-refractivity contribution is 5.70. The lowest BCUT2D eigenvalue weighted by Gasteiger charge is -2.13. The average molecular weight is 297 g/mol. The number of carbonyl (C=O) groups excluding carboxylic acids is 1. The minimum absolute atomic E-state index is 0.104. The molecule has 0 bridgehead atoms. The normalized spacial score (nSPS) is 11.9. The number of rotatable bonds is 7. The molecule has 3 heteroatoms. The first-order valence-electron chi connectivity index (χ1n) is 7.72. The van der Waals surface area contributed by atoms with Gasteiger partial charge in [0.1, 0.15) is 0 Å². The maximum absolute atomic E-state index is 11.4. The summed E-state index contributed by atoms with van der Waals surface area (Å²) >= 11 is 0. The Kier molecular flexibility index (Phi) is 6.16. The minimum Gasteiger partial charge on any atom is -0.466 e. The van der Waals surface area contributed by atoms with Gasteiger partial charge in [0.2, 0.25) is 0 Å². The fourth-order valence-corrected chi connectivity index (χ4v) is 2.28. The summed E-state index contributed by atoms with van der Waals surface area (Å²) in [5.74, 6) is -0.151. The SMILES string of the molecule is CCOC(=O)CC(C)NCc1ccc(-c2ccccc2)cc1. The highest BCUT2D eigenvalue weighted by Crippen LogP contribution is 2.19. The van der Waals surface area contributed by atoms with Crippen LogP contribution in [0.2, 0.25) is 0 Å². The largest absolute Gasteiger partial charge is 0.466 e. The van der Waals surface area contributed by atoms with Gasteiger partial charge in [0.05, 0.1) is 13.0 Å². The van der Waals surface area contributed by atoms with Gasteiger partial charge in [-0.15, -0.1) is 0 Å². The lowest BCUT2D eigenvalue weighted by Crippen LogP contribution is -2.28. The number of hydrogen-bond acceptors (Lipinski definition) is 3. The Morgan fingerprint density at radius 2 is 1.68 bits per heavy atom. The second-order valence-corrected chi connectivity index (χ2v) is 5.35. The Morgan fingerprint density at radius 3 is 2.32 bits per heavy atom. The lowest BCUT2D eigenvalue weighted by molar-refractivity contribution is -0.143. The van der Waals surface area contributed by atoms with E-state index in [4.69, 9.17) is 4.74 Å².